The minimum Gasteiger partial charge on any atom is -0.298 e. The summed E-state index contributed by atoms with van der Waals surface area (Å²) in [6.07, 6.45) is 0. The monoisotopic (exact) mass is 381 g/mol. The predicted molar refractivity (Wildman–Crippen MR) is 100 cm³/mol. The lowest BCUT2D eigenvalue weighted by Crippen LogP contribution is -2.36. The average Bonchev–Trinajstić information content (AvgIpc) is 2.59. The number of aromatic nitrogens is 1. The van der Waals surface area contributed by atoms with Gasteiger partial charge in [0.1, 0.15) is 0 Å². The number of para-hydroxylation sites is 1. The molecule has 0 spiro atoms. The number of nitrogens with one attached hydrogen (secondary N) is 2. The first-order valence-corrected chi connectivity index (χ1v) is 8.21. The maximum atomic E-state index is 12.6. The lowest BCUT2D eigenvalue weighted by atomic mass is 10.1. The van der Waals surface area contributed by atoms with Gasteiger partial charge in [0, 0.05) is 15.6 Å². The highest BCUT2D eigenvalue weighted by Crippen LogP contribution is 2.18. The average molecular weight is 382 g/mol. The van der Waals surface area contributed by atoms with Crippen molar-refractivity contribution in [2.45, 2.75) is 6.92 Å². The van der Waals surface area contributed by atoms with Crippen LogP contribution < -0.4 is 10.9 Å². The van der Waals surface area contributed by atoms with Gasteiger partial charge in [-0.1, -0.05) is 52.8 Å². The third kappa shape index (κ3) is 3.46. The van der Waals surface area contributed by atoms with E-state index < -0.39 is 0 Å². The quantitative estimate of drug-likeness (QED) is 0.665. The van der Waals surface area contributed by atoms with Crippen molar-refractivity contribution in [2.75, 3.05) is 0 Å². The molecule has 0 bridgehead atoms. The fourth-order valence-electron chi connectivity index (χ4n) is 2.42. The Bertz CT molecular complexity index is 920. The molecule has 4 nitrogen and oxygen atoms in total. The highest BCUT2D eigenvalue weighted by molar-refractivity contribution is 9.10. The Balaban J connectivity index is 1.78. The van der Waals surface area contributed by atoms with Crippen molar-refractivity contribution >= 4 is 38.4 Å². The second kappa shape index (κ2) is 6.84. The molecule has 1 aromatic heterocycles. The van der Waals surface area contributed by atoms with Crippen LogP contribution in [0.25, 0.3) is 16.6 Å². The molecule has 2 aromatic carbocycles. The van der Waals surface area contributed by atoms with Crippen molar-refractivity contribution < 1.29 is 4.79 Å². The zero-order valence-corrected chi connectivity index (χ0v) is 14.7. The van der Waals surface area contributed by atoms with Crippen molar-refractivity contribution in [3.8, 4) is 0 Å². The number of pyridine rings is 1. The van der Waals surface area contributed by atoms with E-state index in [9.17, 15) is 4.79 Å². The molecule has 0 radical (unpaired) electrons. The predicted octanol–water partition coefficient (Wildman–Crippen LogP) is 4.21. The summed E-state index contributed by atoms with van der Waals surface area (Å²) in [5, 5.41) is 0.816. The topological polar surface area (TPSA) is 54.0 Å². The van der Waals surface area contributed by atoms with Crippen LogP contribution in [0, 0.1) is 6.92 Å². The molecule has 0 aliphatic carbocycles. The standard InChI is InChI=1S/C19H16BrN3O/c1-12-11-17(16-5-3-4-6-18(16)21-12)19(24)23-22-13(2)14-7-9-15(20)10-8-14/h3-11,22H,2H2,1H3,(H,23,24). The number of hydrazine groups is 1. The molecule has 0 aliphatic heterocycles. The van der Waals surface area contributed by atoms with Crippen LogP contribution in [-0.2, 0) is 0 Å². The van der Waals surface area contributed by atoms with Gasteiger partial charge in [0.05, 0.1) is 16.8 Å². The summed E-state index contributed by atoms with van der Waals surface area (Å²) < 4.78 is 0.988. The largest absolute Gasteiger partial charge is 0.298 e. The van der Waals surface area contributed by atoms with Gasteiger partial charge >= 0.3 is 0 Å². The molecule has 0 unspecified atom stereocenters. The van der Waals surface area contributed by atoms with Gasteiger partial charge in [-0.05, 0) is 36.8 Å². The number of hydrogen-bond acceptors (Lipinski definition) is 3. The number of amides is 1. The summed E-state index contributed by atoms with van der Waals surface area (Å²) in [4.78, 5) is 17.0. The number of rotatable bonds is 4. The molecular weight excluding hydrogens is 366 g/mol. The van der Waals surface area contributed by atoms with Crippen LogP contribution in [0.1, 0.15) is 21.6 Å². The summed E-state index contributed by atoms with van der Waals surface area (Å²) in [6.45, 7) is 5.82. The Kier molecular flexibility index (Phi) is 4.62. The molecule has 0 saturated carbocycles. The van der Waals surface area contributed by atoms with Crippen LogP contribution in [0.15, 0.2) is 65.6 Å². The normalized spacial score (nSPS) is 10.4. The third-order valence-corrected chi connectivity index (χ3v) is 4.14. The first-order valence-electron chi connectivity index (χ1n) is 7.42. The van der Waals surface area contributed by atoms with Crippen LogP contribution in [0.3, 0.4) is 0 Å². The zero-order chi connectivity index (χ0) is 17.1. The highest BCUT2D eigenvalue weighted by atomic mass is 79.9. The molecule has 0 atom stereocenters. The molecule has 5 heteroatoms. The summed E-state index contributed by atoms with van der Waals surface area (Å²) in [5.74, 6) is -0.227. The minimum atomic E-state index is -0.227. The molecule has 1 amide bonds. The molecule has 3 rings (SSSR count). The van der Waals surface area contributed by atoms with Gasteiger partial charge in [-0.3, -0.25) is 20.6 Å². The molecule has 120 valence electrons. The third-order valence-electron chi connectivity index (χ3n) is 3.61. The van der Waals surface area contributed by atoms with Crippen molar-refractivity contribution in [1.29, 1.82) is 0 Å². The Hall–Kier alpha value is -2.66. The van der Waals surface area contributed by atoms with E-state index in [1.54, 1.807) is 6.07 Å². The van der Waals surface area contributed by atoms with E-state index in [2.05, 4.69) is 38.3 Å². The number of carbonyl (C=O) groups excluding carboxylic acids is 1. The van der Waals surface area contributed by atoms with Crippen molar-refractivity contribution in [3.05, 3.63) is 82.5 Å². The SMILES string of the molecule is C=C(NNC(=O)c1cc(C)nc2ccccc12)c1ccc(Br)cc1. The first kappa shape index (κ1) is 16.2. The number of halogens is 1. The number of carbonyl (C=O) groups is 1. The summed E-state index contributed by atoms with van der Waals surface area (Å²) in [5.41, 5.74) is 9.26. The van der Waals surface area contributed by atoms with E-state index in [0.29, 0.717) is 11.3 Å². The van der Waals surface area contributed by atoms with Crippen LogP contribution in [0.5, 0.6) is 0 Å². The van der Waals surface area contributed by atoms with Crippen LogP contribution >= 0.6 is 15.9 Å². The maximum absolute atomic E-state index is 12.6. The van der Waals surface area contributed by atoms with Crippen molar-refractivity contribution in [2.24, 2.45) is 0 Å². The molecule has 0 fully saturated rings. The molecule has 1 heterocycles. The van der Waals surface area contributed by atoms with Gasteiger partial charge in [0.2, 0.25) is 0 Å². The molecule has 0 aliphatic rings. The lowest BCUT2D eigenvalue weighted by molar-refractivity contribution is 0.0944. The van der Waals surface area contributed by atoms with Gasteiger partial charge in [0.15, 0.2) is 0 Å². The van der Waals surface area contributed by atoms with E-state index in [4.69, 9.17) is 0 Å². The van der Waals surface area contributed by atoms with E-state index in [0.717, 1.165) is 26.6 Å². The number of nitrogens with zero attached hydrogens (tertiary/aromatic N) is 1. The summed E-state index contributed by atoms with van der Waals surface area (Å²) in [7, 11) is 0. The smallest absolute Gasteiger partial charge is 0.270 e. The van der Waals surface area contributed by atoms with Gasteiger partial charge in [-0.15, -0.1) is 0 Å². The van der Waals surface area contributed by atoms with Crippen LogP contribution in [0.2, 0.25) is 0 Å². The lowest BCUT2D eigenvalue weighted by Gasteiger charge is -2.13. The molecule has 2 N–H and O–H groups in total. The van der Waals surface area contributed by atoms with Crippen molar-refractivity contribution in [3.63, 3.8) is 0 Å². The number of aryl methyl sites for hydroxylation is 1. The van der Waals surface area contributed by atoms with E-state index >= 15 is 0 Å². The van der Waals surface area contributed by atoms with E-state index in [1.165, 1.54) is 0 Å². The van der Waals surface area contributed by atoms with E-state index in [1.807, 2.05) is 55.5 Å². The fraction of sp³-hybridized carbons (Fsp3) is 0.0526. The van der Waals surface area contributed by atoms with Crippen LogP contribution in [-0.4, -0.2) is 10.9 Å². The van der Waals surface area contributed by atoms with Gasteiger partial charge in [-0.25, -0.2) is 0 Å². The number of benzene rings is 2. The second-order valence-electron chi connectivity index (χ2n) is 5.39. The fourth-order valence-corrected chi connectivity index (χ4v) is 2.68. The molecular formula is C19H16BrN3O. The zero-order valence-electron chi connectivity index (χ0n) is 13.1. The Morgan fingerprint density at radius 3 is 2.54 bits per heavy atom. The first-order chi connectivity index (χ1) is 11.5. The van der Waals surface area contributed by atoms with Crippen molar-refractivity contribution in [1.82, 2.24) is 15.8 Å². The Labute approximate surface area is 148 Å². The summed E-state index contributed by atoms with van der Waals surface area (Å²) in [6, 6.07) is 17.0. The van der Waals surface area contributed by atoms with Gasteiger partial charge < -0.3 is 0 Å². The highest BCUT2D eigenvalue weighted by Gasteiger charge is 2.12. The molecule has 3 aromatic rings. The second-order valence-corrected chi connectivity index (χ2v) is 6.31. The Morgan fingerprint density at radius 2 is 1.79 bits per heavy atom. The Morgan fingerprint density at radius 1 is 1.08 bits per heavy atom. The molecule has 24 heavy (non-hydrogen) atoms. The van der Waals surface area contributed by atoms with E-state index in [-0.39, 0.29) is 5.91 Å². The number of hydrogen-bond donors (Lipinski definition) is 2. The van der Waals surface area contributed by atoms with Gasteiger partial charge in [-0.2, -0.15) is 0 Å². The summed E-state index contributed by atoms with van der Waals surface area (Å²) >= 11 is 3.39. The minimum absolute atomic E-state index is 0.227. The van der Waals surface area contributed by atoms with Crippen LogP contribution in [0.4, 0.5) is 0 Å². The van der Waals surface area contributed by atoms with Gasteiger partial charge in [0.25, 0.3) is 5.91 Å². The maximum Gasteiger partial charge on any atom is 0.270 e. The molecule has 0 saturated heterocycles. The number of fused-ring (bicyclic) bond motifs is 1.